The van der Waals surface area contributed by atoms with Crippen LogP contribution in [0.4, 0.5) is 13.2 Å². The fourth-order valence-corrected chi connectivity index (χ4v) is 1.60. The maximum atomic E-state index is 12.0. The van der Waals surface area contributed by atoms with Crippen LogP contribution in [0, 0.1) is 0 Å². The normalized spacial score (nSPS) is 13.3. The Balaban J connectivity index is 2.90. The van der Waals surface area contributed by atoms with Crippen molar-refractivity contribution < 1.29 is 26.7 Å². The van der Waals surface area contributed by atoms with Crippen molar-refractivity contribution in [3.63, 3.8) is 0 Å². The average Bonchev–Trinajstić information content (AvgIpc) is 2.27. The van der Waals surface area contributed by atoms with E-state index >= 15 is 0 Å². The van der Waals surface area contributed by atoms with Crippen LogP contribution in [0.2, 0.25) is 0 Å². The van der Waals surface area contributed by atoms with Gasteiger partial charge in [-0.2, -0.15) is 26.0 Å². The van der Waals surface area contributed by atoms with Crippen molar-refractivity contribution >= 4 is 22.0 Å². The predicted octanol–water partition coefficient (Wildman–Crippen LogP) is 1.48. The standard InChI is InChI=1S/C11H10F3NO3S/c1-2-8-3-5-9(6-4-8)7-10(16)15-19(17,18)11(12,13)14/h2-6H,1,7H2,(H,15,16)/p-1. The van der Waals surface area contributed by atoms with Crippen molar-refractivity contribution in [2.24, 2.45) is 4.40 Å². The first-order valence-corrected chi connectivity index (χ1v) is 6.38. The molecule has 0 aliphatic carbocycles. The lowest BCUT2D eigenvalue weighted by Crippen LogP contribution is -2.27. The van der Waals surface area contributed by atoms with E-state index in [0.717, 1.165) is 5.56 Å². The number of benzene rings is 1. The van der Waals surface area contributed by atoms with Crippen LogP contribution >= 0.6 is 0 Å². The van der Waals surface area contributed by atoms with Gasteiger partial charge in [-0.15, -0.1) is 0 Å². The van der Waals surface area contributed by atoms with Crippen LogP contribution in [0.3, 0.4) is 0 Å². The van der Waals surface area contributed by atoms with E-state index in [9.17, 15) is 26.7 Å². The van der Waals surface area contributed by atoms with Crippen molar-refractivity contribution in [3.05, 3.63) is 42.0 Å². The molecular formula is C11H9F3NO3S-. The maximum Gasteiger partial charge on any atom is 0.518 e. The third-order valence-electron chi connectivity index (χ3n) is 2.09. The molecule has 0 radical (unpaired) electrons. The fourth-order valence-electron chi connectivity index (χ4n) is 1.16. The minimum absolute atomic E-state index is 0.358. The fraction of sp³-hybridized carbons (Fsp3) is 0.182. The number of nitrogens with zero attached hydrogens (tertiary/aromatic N) is 1. The summed E-state index contributed by atoms with van der Waals surface area (Å²) < 4.78 is 59.4. The molecule has 0 saturated carbocycles. The second-order valence-electron chi connectivity index (χ2n) is 3.53. The first-order chi connectivity index (χ1) is 8.65. The summed E-state index contributed by atoms with van der Waals surface area (Å²) in [4.78, 5) is 0. The van der Waals surface area contributed by atoms with Gasteiger partial charge in [-0.25, -0.2) is 0 Å². The molecule has 0 amide bonds. The number of rotatable bonds is 4. The molecule has 0 atom stereocenters. The molecule has 8 heteroatoms. The van der Waals surface area contributed by atoms with E-state index in [1.54, 1.807) is 18.2 Å². The van der Waals surface area contributed by atoms with Gasteiger partial charge in [0.25, 0.3) is 0 Å². The van der Waals surface area contributed by atoms with Crippen LogP contribution in [0.5, 0.6) is 0 Å². The van der Waals surface area contributed by atoms with E-state index < -0.39 is 27.9 Å². The largest absolute Gasteiger partial charge is 0.861 e. The van der Waals surface area contributed by atoms with Crippen molar-refractivity contribution in [2.45, 2.75) is 11.9 Å². The van der Waals surface area contributed by atoms with E-state index in [2.05, 4.69) is 11.0 Å². The molecule has 0 saturated heterocycles. The zero-order valence-corrected chi connectivity index (χ0v) is 10.3. The highest BCUT2D eigenvalue weighted by molar-refractivity contribution is 7.91. The summed E-state index contributed by atoms with van der Waals surface area (Å²) in [6.45, 7) is 3.51. The first-order valence-electron chi connectivity index (χ1n) is 4.94. The van der Waals surface area contributed by atoms with Crippen LogP contribution in [0.25, 0.3) is 6.08 Å². The van der Waals surface area contributed by atoms with Crippen LogP contribution in [-0.2, 0) is 16.4 Å². The van der Waals surface area contributed by atoms with Crippen molar-refractivity contribution in [1.29, 1.82) is 0 Å². The highest BCUT2D eigenvalue weighted by Crippen LogP contribution is 2.24. The van der Waals surface area contributed by atoms with Gasteiger partial charge in [0.05, 0.1) is 0 Å². The van der Waals surface area contributed by atoms with Crippen molar-refractivity contribution in [3.8, 4) is 0 Å². The van der Waals surface area contributed by atoms with Gasteiger partial charge in [0.15, 0.2) is 0 Å². The Morgan fingerprint density at radius 2 is 1.84 bits per heavy atom. The second-order valence-corrected chi connectivity index (χ2v) is 5.12. The van der Waals surface area contributed by atoms with Gasteiger partial charge in [-0.3, -0.25) is 0 Å². The number of sulfonamides is 1. The highest BCUT2D eigenvalue weighted by Gasteiger charge is 2.45. The van der Waals surface area contributed by atoms with Gasteiger partial charge in [-0.1, -0.05) is 36.9 Å². The smallest absolute Gasteiger partial charge is 0.518 e. The van der Waals surface area contributed by atoms with Crippen LogP contribution in [0.15, 0.2) is 35.2 Å². The molecule has 19 heavy (non-hydrogen) atoms. The Hall–Kier alpha value is -1.83. The van der Waals surface area contributed by atoms with Crippen LogP contribution < -0.4 is 5.11 Å². The molecule has 0 spiro atoms. The molecule has 0 heterocycles. The quantitative estimate of drug-likeness (QED) is 0.623. The third kappa shape index (κ3) is 4.09. The maximum absolute atomic E-state index is 12.0. The highest BCUT2D eigenvalue weighted by atomic mass is 32.2. The van der Waals surface area contributed by atoms with Crippen molar-refractivity contribution in [1.82, 2.24) is 0 Å². The molecule has 104 valence electrons. The van der Waals surface area contributed by atoms with Gasteiger partial charge in [0.1, 0.15) is 0 Å². The molecule has 4 nitrogen and oxygen atoms in total. The van der Waals surface area contributed by atoms with E-state index in [4.69, 9.17) is 0 Å². The minimum atomic E-state index is -5.77. The molecular weight excluding hydrogens is 283 g/mol. The second kappa shape index (κ2) is 5.43. The number of halogens is 3. The summed E-state index contributed by atoms with van der Waals surface area (Å²) in [6, 6.07) is 6.14. The Bertz CT molecular complexity index is 589. The number of alkyl halides is 3. The van der Waals surface area contributed by atoms with E-state index in [0.29, 0.717) is 5.56 Å². The molecule has 0 aliphatic rings. The van der Waals surface area contributed by atoms with E-state index in [1.807, 2.05) is 0 Å². The van der Waals surface area contributed by atoms with Gasteiger partial charge >= 0.3 is 15.5 Å². The molecule has 1 aromatic carbocycles. The molecule has 1 rings (SSSR count). The average molecular weight is 292 g/mol. The lowest BCUT2D eigenvalue weighted by Gasteiger charge is -2.11. The van der Waals surface area contributed by atoms with Crippen LogP contribution in [0.1, 0.15) is 11.1 Å². The molecule has 0 N–H and O–H groups in total. The van der Waals surface area contributed by atoms with Gasteiger partial charge < -0.3 is 5.11 Å². The Kier molecular flexibility index (Phi) is 4.35. The molecule has 0 fully saturated rings. The summed E-state index contributed by atoms with van der Waals surface area (Å²) in [5.41, 5.74) is -4.44. The molecule has 0 unspecified atom stereocenters. The molecule has 0 aliphatic heterocycles. The Labute approximate surface area is 108 Å². The first kappa shape index (κ1) is 15.2. The topological polar surface area (TPSA) is 69.6 Å². The van der Waals surface area contributed by atoms with Gasteiger partial charge in [-0.05, 0) is 17.0 Å². The lowest BCUT2D eigenvalue weighted by atomic mass is 10.1. The van der Waals surface area contributed by atoms with Gasteiger partial charge in [0, 0.05) is 6.42 Å². The minimum Gasteiger partial charge on any atom is -0.861 e. The third-order valence-corrected chi connectivity index (χ3v) is 3.11. The summed E-state index contributed by atoms with van der Waals surface area (Å²) >= 11 is 0. The predicted molar refractivity (Wildman–Crippen MR) is 62.6 cm³/mol. The van der Waals surface area contributed by atoms with E-state index in [-0.39, 0.29) is 0 Å². The Morgan fingerprint density at radius 3 is 2.26 bits per heavy atom. The SMILES string of the molecule is C=Cc1ccc(CC([O-])=NS(=O)(=O)C(F)(F)F)cc1. The zero-order chi connectivity index (χ0) is 14.7. The zero-order valence-electron chi connectivity index (χ0n) is 9.52. The number of hydrogen-bond acceptors (Lipinski definition) is 3. The molecule has 0 bridgehead atoms. The molecule has 1 aromatic rings. The molecule has 0 aromatic heterocycles. The van der Waals surface area contributed by atoms with Gasteiger partial charge in [0.2, 0.25) is 0 Å². The summed E-state index contributed by atoms with van der Waals surface area (Å²) in [5, 5.41) is 11.2. The Morgan fingerprint density at radius 1 is 1.32 bits per heavy atom. The summed E-state index contributed by atoms with van der Waals surface area (Å²) in [6.07, 6.45) is 1.02. The lowest BCUT2D eigenvalue weighted by molar-refractivity contribution is -0.217. The summed E-state index contributed by atoms with van der Waals surface area (Å²) in [5.74, 6) is -1.37. The monoisotopic (exact) mass is 292 g/mol. The summed E-state index contributed by atoms with van der Waals surface area (Å²) in [7, 11) is -5.77. The van der Waals surface area contributed by atoms with Crippen molar-refractivity contribution in [2.75, 3.05) is 0 Å². The van der Waals surface area contributed by atoms with Crippen LogP contribution in [-0.4, -0.2) is 19.8 Å². The number of hydrogen-bond donors (Lipinski definition) is 0. The van der Waals surface area contributed by atoms with E-state index in [1.165, 1.54) is 12.1 Å².